The van der Waals surface area contributed by atoms with Crippen molar-refractivity contribution in [1.29, 1.82) is 0 Å². The molecule has 2 aromatic rings. The van der Waals surface area contributed by atoms with Crippen LogP contribution in [0.3, 0.4) is 0 Å². The number of aromatic nitrogens is 2. The summed E-state index contributed by atoms with van der Waals surface area (Å²) in [6, 6.07) is 7.55. The summed E-state index contributed by atoms with van der Waals surface area (Å²) < 4.78 is 17.3. The lowest BCUT2D eigenvalue weighted by Gasteiger charge is -2.39. The Kier molecular flexibility index (Phi) is 6.35. The van der Waals surface area contributed by atoms with Gasteiger partial charge in [0, 0.05) is 38.6 Å². The minimum atomic E-state index is -0.792. The van der Waals surface area contributed by atoms with Crippen LogP contribution in [0.5, 0.6) is 5.75 Å². The van der Waals surface area contributed by atoms with Crippen LogP contribution < -0.4 is 15.0 Å². The summed E-state index contributed by atoms with van der Waals surface area (Å²) in [6.45, 7) is 2.15. The Bertz CT molecular complexity index is 671. The molecular formula is C19H25FN4O2. The van der Waals surface area contributed by atoms with Gasteiger partial charge < -0.3 is 20.1 Å². The summed E-state index contributed by atoms with van der Waals surface area (Å²) in [5.74, 6) is 1.46. The van der Waals surface area contributed by atoms with Crippen molar-refractivity contribution in [2.45, 2.75) is 25.0 Å². The van der Waals surface area contributed by atoms with Gasteiger partial charge in [-0.05, 0) is 30.5 Å². The number of benzene rings is 1. The molecule has 26 heavy (non-hydrogen) atoms. The fraction of sp³-hybridized carbons (Fsp3) is 0.474. The molecule has 1 aliphatic rings. The molecule has 0 saturated carbocycles. The summed E-state index contributed by atoms with van der Waals surface area (Å²) in [5, 5.41) is 14.2. The Morgan fingerprint density at radius 2 is 2.12 bits per heavy atom. The SMILES string of the molecule is OC1(CNCc2ccc(OCCF)cc2)CCCN(c2cnccn2)C1. The Morgan fingerprint density at radius 3 is 2.85 bits per heavy atom. The van der Waals surface area contributed by atoms with Crippen LogP contribution in [0.15, 0.2) is 42.9 Å². The molecular weight excluding hydrogens is 335 g/mol. The third-order valence-electron chi connectivity index (χ3n) is 4.48. The zero-order valence-corrected chi connectivity index (χ0v) is 14.8. The first kappa shape index (κ1) is 18.5. The maximum absolute atomic E-state index is 12.1. The van der Waals surface area contributed by atoms with E-state index in [1.165, 1.54) is 0 Å². The Morgan fingerprint density at radius 1 is 1.27 bits per heavy atom. The second-order valence-electron chi connectivity index (χ2n) is 6.60. The number of halogens is 1. The van der Waals surface area contributed by atoms with Crippen molar-refractivity contribution >= 4 is 5.82 Å². The molecule has 1 aromatic heterocycles. The second kappa shape index (κ2) is 8.91. The summed E-state index contributed by atoms with van der Waals surface area (Å²) in [7, 11) is 0. The van der Waals surface area contributed by atoms with Gasteiger partial charge in [-0.2, -0.15) is 0 Å². The largest absolute Gasteiger partial charge is 0.491 e. The van der Waals surface area contributed by atoms with Crippen molar-refractivity contribution in [3.8, 4) is 5.75 Å². The van der Waals surface area contributed by atoms with Gasteiger partial charge >= 0.3 is 0 Å². The first-order valence-electron chi connectivity index (χ1n) is 8.90. The van der Waals surface area contributed by atoms with Gasteiger partial charge in [0.25, 0.3) is 0 Å². The normalized spacial score (nSPS) is 20.2. The number of anilines is 1. The van der Waals surface area contributed by atoms with Crippen molar-refractivity contribution in [1.82, 2.24) is 15.3 Å². The lowest BCUT2D eigenvalue weighted by atomic mass is 9.92. The van der Waals surface area contributed by atoms with Gasteiger partial charge in [-0.3, -0.25) is 4.98 Å². The highest BCUT2D eigenvalue weighted by molar-refractivity contribution is 5.36. The van der Waals surface area contributed by atoms with Gasteiger partial charge in [0.2, 0.25) is 0 Å². The predicted molar refractivity (Wildman–Crippen MR) is 98.0 cm³/mol. The lowest BCUT2D eigenvalue weighted by molar-refractivity contribution is 0.0258. The van der Waals surface area contributed by atoms with Crippen molar-refractivity contribution in [2.75, 3.05) is 37.8 Å². The van der Waals surface area contributed by atoms with E-state index in [9.17, 15) is 9.50 Å². The maximum Gasteiger partial charge on any atom is 0.147 e. The van der Waals surface area contributed by atoms with Crippen LogP contribution in [0.2, 0.25) is 0 Å². The predicted octanol–water partition coefficient (Wildman–Crippen LogP) is 1.95. The summed E-state index contributed by atoms with van der Waals surface area (Å²) >= 11 is 0. The number of alkyl halides is 1. The summed E-state index contributed by atoms with van der Waals surface area (Å²) in [6.07, 6.45) is 6.71. The first-order valence-corrected chi connectivity index (χ1v) is 8.90. The molecule has 0 radical (unpaired) electrons. The van der Waals surface area contributed by atoms with E-state index in [-0.39, 0.29) is 6.61 Å². The highest BCUT2D eigenvalue weighted by Gasteiger charge is 2.33. The van der Waals surface area contributed by atoms with Crippen LogP contribution >= 0.6 is 0 Å². The first-order chi connectivity index (χ1) is 12.7. The fourth-order valence-corrected chi connectivity index (χ4v) is 3.21. The lowest BCUT2D eigenvalue weighted by Crippen LogP contribution is -2.53. The standard InChI is InChI=1S/C19H25FN4O2/c20-7-11-26-17-4-2-16(3-5-17)12-22-14-19(25)6-1-10-24(15-19)18-13-21-8-9-23-18/h2-5,8-9,13,22,25H,1,6-7,10-12,14-15H2. The number of aliphatic hydroxyl groups is 1. The third kappa shape index (κ3) is 5.12. The van der Waals surface area contributed by atoms with E-state index in [1.54, 1.807) is 18.6 Å². The van der Waals surface area contributed by atoms with Crippen LogP contribution in [0.4, 0.5) is 10.2 Å². The number of hydrogen-bond donors (Lipinski definition) is 2. The van der Waals surface area contributed by atoms with Gasteiger partial charge in [0.15, 0.2) is 0 Å². The highest BCUT2D eigenvalue weighted by Crippen LogP contribution is 2.24. The summed E-state index contributed by atoms with van der Waals surface area (Å²) in [4.78, 5) is 10.5. The number of rotatable bonds is 8. The average molecular weight is 360 g/mol. The molecule has 2 heterocycles. The molecule has 1 saturated heterocycles. The monoisotopic (exact) mass is 360 g/mol. The van der Waals surface area contributed by atoms with Crippen molar-refractivity contribution < 1.29 is 14.2 Å². The van der Waals surface area contributed by atoms with E-state index in [4.69, 9.17) is 4.74 Å². The molecule has 1 fully saturated rings. The maximum atomic E-state index is 12.1. The number of β-amino-alcohol motifs (C(OH)–C–C–N with tert-alkyl or cyclic N) is 1. The van der Waals surface area contributed by atoms with Crippen LogP contribution in [0, 0.1) is 0 Å². The number of ether oxygens (including phenoxy) is 1. The minimum absolute atomic E-state index is 0.0763. The van der Waals surface area contributed by atoms with E-state index in [0.717, 1.165) is 30.8 Å². The van der Waals surface area contributed by atoms with Crippen molar-refractivity contribution in [3.05, 3.63) is 48.4 Å². The zero-order valence-electron chi connectivity index (χ0n) is 14.8. The molecule has 140 valence electrons. The molecule has 1 atom stereocenters. The number of nitrogens with zero attached hydrogens (tertiary/aromatic N) is 3. The molecule has 0 bridgehead atoms. The van der Waals surface area contributed by atoms with Gasteiger partial charge in [-0.25, -0.2) is 9.37 Å². The molecule has 0 spiro atoms. The van der Waals surface area contributed by atoms with Crippen molar-refractivity contribution in [2.24, 2.45) is 0 Å². The molecule has 3 rings (SSSR count). The Balaban J connectivity index is 1.49. The van der Waals surface area contributed by atoms with E-state index < -0.39 is 12.3 Å². The Hall–Kier alpha value is -2.25. The van der Waals surface area contributed by atoms with E-state index in [2.05, 4.69) is 20.2 Å². The zero-order chi connectivity index (χ0) is 18.2. The number of hydrogen-bond acceptors (Lipinski definition) is 6. The van der Waals surface area contributed by atoms with E-state index in [1.807, 2.05) is 24.3 Å². The molecule has 2 N–H and O–H groups in total. The smallest absolute Gasteiger partial charge is 0.147 e. The van der Waals surface area contributed by atoms with E-state index in [0.29, 0.717) is 25.4 Å². The number of nitrogens with one attached hydrogen (secondary N) is 1. The summed E-state index contributed by atoms with van der Waals surface area (Å²) in [5.41, 5.74) is 0.294. The molecule has 6 nitrogen and oxygen atoms in total. The second-order valence-corrected chi connectivity index (χ2v) is 6.60. The van der Waals surface area contributed by atoms with Crippen LogP contribution in [0.1, 0.15) is 18.4 Å². The van der Waals surface area contributed by atoms with Gasteiger partial charge in [-0.1, -0.05) is 12.1 Å². The molecule has 1 aliphatic heterocycles. The average Bonchev–Trinajstić information content (AvgIpc) is 2.68. The van der Waals surface area contributed by atoms with Gasteiger partial charge in [0.05, 0.1) is 11.8 Å². The van der Waals surface area contributed by atoms with Crippen LogP contribution in [0.25, 0.3) is 0 Å². The van der Waals surface area contributed by atoms with Crippen LogP contribution in [-0.4, -0.2) is 53.6 Å². The molecule has 0 amide bonds. The van der Waals surface area contributed by atoms with E-state index >= 15 is 0 Å². The van der Waals surface area contributed by atoms with Gasteiger partial charge in [-0.15, -0.1) is 0 Å². The number of piperidine rings is 1. The highest BCUT2D eigenvalue weighted by atomic mass is 19.1. The molecule has 7 heteroatoms. The van der Waals surface area contributed by atoms with Crippen LogP contribution in [-0.2, 0) is 6.54 Å². The quantitative estimate of drug-likeness (QED) is 0.750. The molecule has 0 aliphatic carbocycles. The fourth-order valence-electron chi connectivity index (χ4n) is 3.21. The minimum Gasteiger partial charge on any atom is -0.491 e. The Labute approximate surface area is 153 Å². The molecule has 1 unspecified atom stereocenters. The van der Waals surface area contributed by atoms with Gasteiger partial charge in [0.1, 0.15) is 24.8 Å². The third-order valence-corrected chi connectivity index (χ3v) is 4.48. The topological polar surface area (TPSA) is 70.5 Å². The van der Waals surface area contributed by atoms with Crippen molar-refractivity contribution in [3.63, 3.8) is 0 Å². The molecule has 1 aromatic carbocycles.